The fraction of sp³-hybridized carbons (Fsp3) is 0.600. The average Bonchev–Trinajstić information content (AvgIpc) is 2.15. The number of hydrogen-bond donors (Lipinski definition) is 3. The zero-order valence-corrected chi connectivity index (χ0v) is 8.86. The summed E-state index contributed by atoms with van der Waals surface area (Å²) in [5, 5.41) is 11.1. The van der Waals surface area contributed by atoms with Gasteiger partial charge < -0.3 is 16.2 Å². The zero-order chi connectivity index (χ0) is 12.0. The predicted octanol–water partition coefficient (Wildman–Crippen LogP) is -0.438. The van der Waals surface area contributed by atoms with Crippen LogP contribution in [0.15, 0.2) is 0 Å². The number of hydrogen-bond acceptors (Lipinski definition) is 3. The van der Waals surface area contributed by atoms with Crippen molar-refractivity contribution in [1.29, 1.82) is 0 Å². The van der Waals surface area contributed by atoms with E-state index in [2.05, 4.69) is 11.2 Å². The highest BCUT2D eigenvalue weighted by Crippen LogP contribution is 2.01. The predicted molar refractivity (Wildman–Crippen MR) is 55.8 cm³/mol. The highest BCUT2D eigenvalue weighted by atomic mass is 16.4. The first-order valence-corrected chi connectivity index (χ1v) is 4.62. The van der Waals surface area contributed by atoms with Gasteiger partial charge in [-0.3, -0.25) is 4.79 Å². The topological polar surface area (TPSA) is 92.4 Å². The molecule has 0 fully saturated rings. The molecule has 84 valence electrons. The third-order valence-electron chi connectivity index (χ3n) is 2.14. The molecule has 0 aromatic rings. The van der Waals surface area contributed by atoms with Gasteiger partial charge in [0.05, 0.1) is 0 Å². The first-order chi connectivity index (χ1) is 6.90. The number of rotatable bonds is 5. The van der Waals surface area contributed by atoms with Crippen molar-refractivity contribution in [3.63, 3.8) is 0 Å². The molecule has 3 unspecified atom stereocenters. The van der Waals surface area contributed by atoms with Gasteiger partial charge in [0.1, 0.15) is 6.04 Å². The molecule has 0 bridgehead atoms. The van der Waals surface area contributed by atoms with Crippen molar-refractivity contribution in [3.05, 3.63) is 0 Å². The summed E-state index contributed by atoms with van der Waals surface area (Å²) < 4.78 is 0. The van der Waals surface area contributed by atoms with Crippen LogP contribution in [-0.4, -0.2) is 29.1 Å². The normalized spacial score (nSPS) is 15.9. The molecule has 0 aromatic carbocycles. The van der Waals surface area contributed by atoms with E-state index in [1.165, 1.54) is 0 Å². The Morgan fingerprint density at radius 2 is 2.07 bits per heavy atom. The van der Waals surface area contributed by atoms with Crippen molar-refractivity contribution in [3.8, 4) is 12.3 Å². The molecule has 3 atom stereocenters. The summed E-state index contributed by atoms with van der Waals surface area (Å²) >= 11 is 0. The average molecular weight is 212 g/mol. The minimum absolute atomic E-state index is 0.0350. The summed E-state index contributed by atoms with van der Waals surface area (Å²) in [6, 6.07) is -1.37. The van der Waals surface area contributed by atoms with Crippen LogP contribution in [0.2, 0.25) is 0 Å². The molecule has 0 heterocycles. The highest BCUT2D eigenvalue weighted by Gasteiger charge is 2.23. The molecule has 0 aliphatic rings. The van der Waals surface area contributed by atoms with Crippen LogP contribution in [0.3, 0.4) is 0 Å². The molecule has 1 amide bonds. The fourth-order valence-corrected chi connectivity index (χ4v) is 0.860. The van der Waals surface area contributed by atoms with E-state index in [9.17, 15) is 9.59 Å². The second kappa shape index (κ2) is 6.04. The zero-order valence-electron chi connectivity index (χ0n) is 8.86. The Hall–Kier alpha value is -1.54. The number of carboxylic acids is 1. The van der Waals surface area contributed by atoms with Crippen LogP contribution in [0, 0.1) is 18.3 Å². The monoisotopic (exact) mass is 212 g/mol. The van der Waals surface area contributed by atoms with E-state index in [0.717, 1.165) is 0 Å². The van der Waals surface area contributed by atoms with Crippen molar-refractivity contribution in [2.45, 2.75) is 32.4 Å². The van der Waals surface area contributed by atoms with Crippen LogP contribution in [0.4, 0.5) is 0 Å². The van der Waals surface area contributed by atoms with E-state index >= 15 is 0 Å². The van der Waals surface area contributed by atoms with Gasteiger partial charge in [-0.2, -0.15) is 0 Å². The number of carbonyl (C=O) groups excluding carboxylic acids is 1. The standard InChI is InChI=1S/C10H16N2O3/c1-4-5-8(10(14)15)12-9(13)6(2)7(3)11/h1,6-8H,5,11H2,2-3H3,(H,12,13)(H,14,15). The molecule has 0 aliphatic heterocycles. The van der Waals surface area contributed by atoms with Crippen molar-refractivity contribution in [1.82, 2.24) is 5.32 Å². The minimum atomic E-state index is -1.14. The van der Waals surface area contributed by atoms with Crippen LogP contribution in [0.1, 0.15) is 20.3 Å². The van der Waals surface area contributed by atoms with Crippen molar-refractivity contribution >= 4 is 11.9 Å². The summed E-state index contributed by atoms with van der Waals surface area (Å²) in [5.41, 5.74) is 5.51. The number of carboxylic acid groups (broad SMARTS) is 1. The Morgan fingerprint density at radius 1 is 1.53 bits per heavy atom. The number of amides is 1. The summed E-state index contributed by atoms with van der Waals surface area (Å²) in [5.74, 6) is 0.219. The largest absolute Gasteiger partial charge is 0.480 e. The second-order valence-corrected chi connectivity index (χ2v) is 3.46. The third kappa shape index (κ3) is 4.47. The van der Waals surface area contributed by atoms with Crippen molar-refractivity contribution in [2.24, 2.45) is 11.7 Å². The number of nitrogens with two attached hydrogens (primary N) is 1. The Kier molecular flexibility index (Phi) is 5.42. The molecule has 0 aliphatic carbocycles. The molecule has 0 rings (SSSR count). The lowest BCUT2D eigenvalue weighted by Gasteiger charge is -2.18. The van der Waals surface area contributed by atoms with Crippen molar-refractivity contribution in [2.75, 3.05) is 0 Å². The van der Waals surface area contributed by atoms with Gasteiger partial charge in [-0.15, -0.1) is 12.3 Å². The number of aliphatic carboxylic acids is 1. The summed E-state index contributed by atoms with van der Waals surface area (Å²) in [7, 11) is 0. The molecular formula is C10H16N2O3. The lowest BCUT2D eigenvalue weighted by Crippen LogP contribution is -2.46. The van der Waals surface area contributed by atoms with Crippen LogP contribution in [-0.2, 0) is 9.59 Å². The van der Waals surface area contributed by atoms with E-state index in [4.69, 9.17) is 17.3 Å². The first-order valence-electron chi connectivity index (χ1n) is 4.62. The molecule has 5 heteroatoms. The Labute approximate surface area is 89.0 Å². The number of nitrogens with one attached hydrogen (secondary N) is 1. The van der Waals surface area contributed by atoms with Crippen LogP contribution < -0.4 is 11.1 Å². The SMILES string of the molecule is C#CCC(NC(=O)C(C)C(C)N)C(=O)O. The smallest absolute Gasteiger partial charge is 0.327 e. The summed E-state index contributed by atoms with van der Waals surface area (Å²) in [4.78, 5) is 22.1. The molecule has 0 radical (unpaired) electrons. The Bertz CT molecular complexity index is 281. The van der Waals surface area contributed by atoms with Gasteiger partial charge >= 0.3 is 5.97 Å². The lowest BCUT2D eigenvalue weighted by atomic mass is 10.0. The first kappa shape index (κ1) is 13.5. The highest BCUT2D eigenvalue weighted by molar-refractivity contribution is 5.85. The van der Waals surface area contributed by atoms with Gasteiger partial charge in [-0.25, -0.2) is 4.79 Å². The van der Waals surface area contributed by atoms with Gasteiger partial charge in [0.2, 0.25) is 5.91 Å². The maximum atomic E-state index is 11.5. The molecule has 4 N–H and O–H groups in total. The molecule has 0 saturated carbocycles. The fourth-order valence-electron chi connectivity index (χ4n) is 0.860. The van der Waals surface area contributed by atoms with Gasteiger partial charge in [0, 0.05) is 18.4 Å². The molecular weight excluding hydrogens is 196 g/mol. The minimum Gasteiger partial charge on any atom is -0.480 e. The van der Waals surface area contributed by atoms with Crippen molar-refractivity contribution < 1.29 is 14.7 Å². The lowest BCUT2D eigenvalue weighted by molar-refractivity contribution is -0.142. The van der Waals surface area contributed by atoms with Crippen LogP contribution in [0.5, 0.6) is 0 Å². The third-order valence-corrected chi connectivity index (χ3v) is 2.14. The van der Waals surface area contributed by atoms with Crippen LogP contribution >= 0.6 is 0 Å². The second-order valence-electron chi connectivity index (χ2n) is 3.46. The summed E-state index contributed by atoms with van der Waals surface area (Å²) in [6.07, 6.45) is 4.95. The van der Waals surface area contributed by atoms with Gasteiger partial charge in [0.15, 0.2) is 0 Å². The molecule has 15 heavy (non-hydrogen) atoms. The van der Waals surface area contributed by atoms with Gasteiger partial charge in [-0.05, 0) is 6.92 Å². The molecule has 0 aromatic heterocycles. The Morgan fingerprint density at radius 3 is 2.40 bits per heavy atom. The Balaban J connectivity index is 4.36. The van der Waals surface area contributed by atoms with E-state index in [1.807, 2.05) is 0 Å². The van der Waals surface area contributed by atoms with Gasteiger partial charge in [0.25, 0.3) is 0 Å². The maximum Gasteiger partial charge on any atom is 0.327 e. The van der Waals surface area contributed by atoms with E-state index < -0.39 is 23.8 Å². The summed E-state index contributed by atoms with van der Waals surface area (Å²) in [6.45, 7) is 3.32. The van der Waals surface area contributed by atoms with Gasteiger partial charge in [-0.1, -0.05) is 6.92 Å². The number of terminal acetylenes is 1. The molecule has 0 saturated heterocycles. The van der Waals surface area contributed by atoms with E-state index in [-0.39, 0.29) is 12.5 Å². The molecule has 5 nitrogen and oxygen atoms in total. The maximum absolute atomic E-state index is 11.5. The van der Waals surface area contributed by atoms with Crippen LogP contribution in [0.25, 0.3) is 0 Å². The quantitative estimate of drug-likeness (QED) is 0.539. The number of carbonyl (C=O) groups is 2. The van der Waals surface area contributed by atoms with E-state index in [1.54, 1.807) is 13.8 Å². The molecule has 0 spiro atoms. The van der Waals surface area contributed by atoms with E-state index in [0.29, 0.717) is 0 Å².